The van der Waals surface area contributed by atoms with Crippen molar-refractivity contribution in [2.24, 2.45) is 0 Å². The molecule has 0 radical (unpaired) electrons. The summed E-state index contributed by atoms with van der Waals surface area (Å²) in [5.41, 5.74) is 0.490. The molecule has 1 heterocycles. The summed E-state index contributed by atoms with van der Waals surface area (Å²) in [5, 5.41) is 0. The zero-order valence-corrected chi connectivity index (χ0v) is 17.6. The second kappa shape index (κ2) is 7.92. The summed E-state index contributed by atoms with van der Waals surface area (Å²) >= 11 is 0. The molecule has 0 N–H and O–H groups in total. The summed E-state index contributed by atoms with van der Waals surface area (Å²) < 4.78 is 52.2. The molecule has 3 aromatic carbocycles. The van der Waals surface area contributed by atoms with Gasteiger partial charge in [-0.2, -0.15) is 4.31 Å². The first-order chi connectivity index (χ1) is 14.9. The summed E-state index contributed by atoms with van der Waals surface area (Å²) in [6.45, 7) is -0.143. The highest BCUT2D eigenvalue weighted by atomic mass is 32.2. The summed E-state index contributed by atoms with van der Waals surface area (Å²) in [4.78, 5) is 14.7. The average molecular weight is 442 g/mol. The zero-order valence-electron chi connectivity index (χ0n) is 16.8. The molecule has 9 heteroatoms. The van der Waals surface area contributed by atoms with Gasteiger partial charge in [-0.05, 0) is 18.2 Å². The number of hydrogen-bond donors (Lipinski definition) is 0. The van der Waals surface area contributed by atoms with Gasteiger partial charge in [-0.15, -0.1) is 0 Å². The predicted octanol–water partition coefficient (Wildman–Crippen LogP) is 4.18. The van der Waals surface area contributed by atoms with Gasteiger partial charge in [0.05, 0.1) is 32.1 Å². The molecule has 0 aromatic heterocycles. The monoisotopic (exact) mass is 442 g/mol. The zero-order chi connectivity index (χ0) is 22.2. The molecule has 0 unspecified atom stereocenters. The highest BCUT2D eigenvalue weighted by Gasteiger charge is 2.43. The van der Waals surface area contributed by atoms with Crippen molar-refractivity contribution in [3.05, 3.63) is 78.1 Å². The van der Waals surface area contributed by atoms with Crippen molar-refractivity contribution in [3.8, 4) is 11.5 Å². The lowest BCUT2D eigenvalue weighted by Crippen LogP contribution is -2.50. The number of carbonyl (C=O) groups excluding carboxylic acids is 1. The maximum Gasteiger partial charge on any atom is 0.343 e. The number of carbonyl (C=O) groups is 1. The van der Waals surface area contributed by atoms with E-state index in [1.54, 1.807) is 36.4 Å². The molecule has 31 heavy (non-hydrogen) atoms. The summed E-state index contributed by atoms with van der Waals surface area (Å²) in [6.07, 6.45) is 0. The number of para-hydroxylation sites is 1. The van der Waals surface area contributed by atoms with Gasteiger partial charge in [0.2, 0.25) is 0 Å². The molecule has 1 aliphatic heterocycles. The number of anilines is 2. The Balaban J connectivity index is 1.90. The minimum absolute atomic E-state index is 0.0502. The van der Waals surface area contributed by atoms with E-state index in [0.29, 0.717) is 15.8 Å². The van der Waals surface area contributed by atoms with E-state index in [9.17, 15) is 17.6 Å². The minimum Gasteiger partial charge on any atom is -0.497 e. The second-order valence-corrected chi connectivity index (χ2v) is 8.52. The fourth-order valence-corrected chi connectivity index (χ4v) is 5.00. The van der Waals surface area contributed by atoms with Crippen molar-refractivity contribution >= 4 is 27.4 Å². The van der Waals surface area contributed by atoms with Crippen molar-refractivity contribution in [2.45, 2.75) is 11.4 Å². The highest BCUT2D eigenvalue weighted by molar-refractivity contribution is 7.94. The lowest BCUT2D eigenvalue weighted by Gasteiger charge is -2.36. The smallest absolute Gasteiger partial charge is 0.343 e. The molecular formula is C22H19FN2O5S. The lowest BCUT2D eigenvalue weighted by molar-refractivity contribution is 0.253. The number of urea groups is 1. The van der Waals surface area contributed by atoms with E-state index in [0.717, 1.165) is 0 Å². The van der Waals surface area contributed by atoms with Crippen LogP contribution in [0.25, 0.3) is 0 Å². The topological polar surface area (TPSA) is 76.2 Å². The van der Waals surface area contributed by atoms with Gasteiger partial charge < -0.3 is 9.47 Å². The number of amides is 2. The van der Waals surface area contributed by atoms with Gasteiger partial charge in [0, 0.05) is 23.8 Å². The number of hydrogen-bond acceptors (Lipinski definition) is 5. The number of rotatable bonds is 5. The molecule has 7 nitrogen and oxygen atoms in total. The van der Waals surface area contributed by atoms with Gasteiger partial charge in [0.25, 0.3) is 10.0 Å². The number of halogens is 1. The van der Waals surface area contributed by atoms with Crippen LogP contribution in [0, 0.1) is 5.82 Å². The van der Waals surface area contributed by atoms with Crippen LogP contribution in [0.2, 0.25) is 0 Å². The van der Waals surface area contributed by atoms with E-state index in [1.807, 2.05) is 0 Å². The van der Waals surface area contributed by atoms with Gasteiger partial charge >= 0.3 is 6.03 Å². The summed E-state index contributed by atoms with van der Waals surface area (Å²) in [6, 6.07) is 15.7. The van der Waals surface area contributed by atoms with Gasteiger partial charge in [0.15, 0.2) is 0 Å². The first-order valence-corrected chi connectivity index (χ1v) is 10.7. The Bertz CT molecular complexity index is 1240. The van der Waals surface area contributed by atoms with Gasteiger partial charge in [-0.1, -0.05) is 30.3 Å². The van der Waals surface area contributed by atoms with E-state index in [1.165, 1.54) is 49.5 Å². The number of methoxy groups -OCH3 is 2. The lowest BCUT2D eigenvalue weighted by atomic mass is 10.2. The molecule has 0 saturated carbocycles. The maximum absolute atomic E-state index is 14.3. The van der Waals surface area contributed by atoms with E-state index >= 15 is 0 Å². The third-order valence-corrected chi connectivity index (χ3v) is 6.68. The quantitative estimate of drug-likeness (QED) is 0.593. The van der Waals surface area contributed by atoms with Crippen LogP contribution in [0.4, 0.5) is 20.6 Å². The highest BCUT2D eigenvalue weighted by Crippen LogP contribution is 2.40. The Morgan fingerprint density at radius 2 is 1.52 bits per heavy atom. The van der Waals surface area contributed by atoms with E-state index < -0.39 is 21.9 Å². The molecule has 0 aliphatic carbocycles. The van der Waals surface area contributed by atoms with Crippen LogP contribution in [-0.2, 0) is 16.6 Å². The fourth-order valence-electron chi connectivity index (χ4n) is 3.42. The summed E-state index contributed by atoms with van der Waals surface area (Å²) in [7, 11) is -1.39. The Labute approximate surface area is 179 Å². The normalized spacial score (nSPS) is 14.9. The number of benzene rings is 3. The molecule has 0 spiro atoms. The maximum atomic E-state index is 14.3. The predicted molar refractivity (Wildman–Crippen MR) is 114 cm³/mol. The van der Waals surface area contributed by atoms with Crippen molar-refractivity contribution in [2.75, 3.05) is 23.4 Å². The number of sulfonamides is 1. The van der Waals surface area contributed by atoms with Crippen molar-refractivity contribution in [3.63, 3.8) is 0 Å². The number of nitrogens with zero attached hydrogens (tertiary/aromatic N) is 2. The second-order valence-electron chi connectivity index (χ2n) is 6.77. The van der Waals surface area contributed by atoms with Crippen molar-refractivity contribution < 1.29 is 27.1 Å². The van der Waals surface area contributed by atoms with E-state index in [-0.39, 0.29) is 28.4 Å². The van der Waals surface area contributed by atoms with E-state index in [2.05, 4.69) is 0 Å². The van der Waals surface area contributed by atoms with Crippen LogP contribution < -0.4 is 18.7 Å². The third kappa shape index (κ3) is 3.57. The van der Waals surface area contributed by atoms with Gasteiger partial charge in [-0.3, -0.25) is 4.90 Å². The fraction of sp³-hybridized carbons (Fsp3) is 0.136. The standard InChI is InChI=1S/C22H19FN2O5S/c1-29-17-11-16(12-18(13-17)30-2)25-22(26)24(14-15-7-3-4-8-19(15)23)20-9-5-6-10-21(20)31(25,27)28/h3-13H,14H2,1-2H3. The minimum atomic E-state index is -4.23. The Kier molecular flexibility index (Phi) is 5.28. The van der Waals surface area contributed by atoms with Crippen LogP contribution in [0.15, 0.2) is 71.6 Å². The molecule has 0 fully saturated rings. The molecule has 3 aromatic rings. The largest absolute Gasteiger partial charge is 0.497 e. The SMILES string of the molecule is COc1cc(OC)cc(N2C(=O)N(Cc3ccccc3F)c3ccccc3S2(=O)=O)c1. The first kappa shape index (κ1) is 20.7. The molecule has 1 aliphatic rings. The van der Waals surface area contributed by atoms with Crippen LogP contribution >= 0.6 is 0 Å². The van der Waals surface area contributed by atoms with Gasteiger partial charge in [-0.25, -0.2) is 17.6 Å². The summed E-state index contributed by atoms with van der Waals surface area (Å²) in [5.74, 6) is 0.143. The van der Waals surface area contributed by atoms with Crippen LogP contribution in [0.3, 0.4) is 0 Å². The van der Waals surface area contributed by atoms with Crippen LogP contribution in [0.1, 0.15) is 5.56 Å². The van der Waals surface area contributed by atoms with Crippen molar-refractivity contribution in [1.29, 1.82) is 0 Å². The molecule has 0 saturated heterocycles. The average Bonchev–Trinajstić information content (AvgIpc) is 2.77. The molecule has 160 valence electrons. The molecule has 0 atom stereocenters. The van der Waals surface area contributed by atoms with Gasteiger partial charge in [0.1, 0.15) is 22.2 Å². The molecule has 4 rings (SSSR count). The van der Waals surface area contributed by atoms with Crippen LogP contribution in [0.5, 0.6) is 11.5 Å². The van der Waals surface area contributed by atoms with Crippen molar-refractivity contribution in [1.82, 2.24) is 0 Å². The molecular weight excluding hydrogens is 423 g/mol. The molecule has 2 amide bonds. The van der Waals surface area contributed by atoms with Crippen LogP contribution in [-0.4, -0.2) is 28.7 Å². The van der Waals surface area contributed by atoms with E-state index in [4.69, 9.17) is 9.47 Å². The number of ether oxygens (including phenoxy) is 2. The Morgan fingerprint density at radius 1 is 0.903 bits per heavy atom. The Morgan fingerprint density at radius 3 is 2.16 bits per heavy atom. The Hall–Kier alpha value is -3.59. The third-order valence-electron chi connectivity index (χ3n) is 4.94. The number of fused-ring (bicyclic) bond motifs is 1. The molecule has 0 bridgehead atoms. The first-order valence-electron chi connectivity index (χ1n) is 9.29.